The quantitative estimate of drug-likeness (QED) is 0.618. The minimum atomic E-state index is -1.33. The smallest absolute Gasteiger partial charge is 0.166 e. The van der Waals surface area contributed by atoms with E-state index in [0.29, 0.717) is 5.78 Å². The summed E-state index contributed by atoms with van der Waals surface area (Å²) in [5.74, 6) is 0.688. The molecule has 2 heterocycles. The van der Waals surface area contributed by atoms with Gasteiger partial charge in [-0.15, -0.1) is 0 Å². The lowest BCUT2D eigenvalue weighted by Crippen LogP contribution is -2.38. The van der Waals surface area contributed by atoms with Crippen LogP contribution in [0.2, 0.25) is 19.6 Å². The topological polar surface area (TPSA) is 17.1 Å². The van der Waals surface area contributed by atoms with Crippen molar-refractivity contribution in [2.75, 3.05) is 0 Å². The molecular formula is C17H24OSSi. The Morgan fingerprint density at radius 1 is 1.15 bits per heavy atom. The molecule has 2 aliphatic rings. The van der Waals surface area contributed by atoms with Crippen LogP contribution in [0.15, 0.2) is 24.3 Å². The van der Waals surface area contributed by atoms with Gasteiger partial charge in [0.1, 0.15) is 0 Å². The summed E-state index contributed by atoms with van der Waals surface area (Å²) < 4.78 is 0. The molecule has 3 rings (SSSR count). The van der Waals surface area contributed by atoms with Crippen molar-refractivity contribution in [3.63, 3.8) is 0 Å². The van der Waals surface area contributed by atoms with Crippen molar-refractivity contribution in [2.45, 2.75) is 55.8 Å². The van der Waals surface area contributed by atoms with Gasteiger partial charge < -0.3 is 0 Å². The van der Waals surface area contributed by atoms with Crippen molar-refractivity contribution in [1.82, 2.24) is 0 Å². The molecule has 1 nitrogen and oxygen atoms in total. The van der Waals surface area contributed by atoms with Crippen LogP contribution in [-0.4, -0.2) is 24.4 Å². The van der Waals surface area contributed by atoms with Crippen molar-refractivity contribution in [1.29, 1.82) is 0 Å². The van der Waals surface area contributed by atoms with Crippen LogP contribution >= 0.6 is 11.8 Å². The molecule has 2 saturated heterocycles. The third-order valence-corrected chi connectivity index (χ3v) is 8.34. The van der Waals surface area contributed by atoms with Crippen LogP contribution in [0.25, 0.3) is 0 Å². The molecule has 3 heteroatoms. The summed E-state index contributed by atoms with van der Waals surface area (Å²) in [5, 5.41) is 2.90. The molecule has 0 aromatic heterocycles. The van der Waals surface area contributed by atoms with Crippen molar-refractivity contribution in [2.24, 2.45) is 5.92 Å². The Bertz CT molecular complexity index is 508. The van der Waals surface area contributed by atoms with Gasteiger partial charge in [0.15, 0.2) is 5.78 Å². The van der Waals surface area contributed by atoms with Crippen LogP contribution in [0.1, 0.15) is 36.0 Å². The zero-order chi connectivity index (χ0) is 14.3. The van der Waals surface area contributed by atoms with E-state index in [-0.39, 0.29) is 5.92 Å². The molecule has 0 saturated carbocycles. The van der Waals surface area contributed by atoms with Gasteiger partial charge in [-0.05, 0) is 25.7 Å². The number of benzene rings is 1. The maximum atomic E-state index is 12.8. The molecule has 2 bridgehead atoms. The molecule has 1 aromatic carbocycles. The Morgan fingerprint density at radius 3 is 2.40 bits per heavy atom. The molecular weight excluding hydrogens is 280 g/mol. The van der Waals surface area contributed by atoms with Crippen molar-refractivity contribution < 1.29 is 4.79 Å². The van der Waals surface area contributed by atoms with Gasteiger partial charge in [-0.2, -0.15) is 11.8 Å². The molecule has 2 aliphatic heterocycles. The highest BCUT2D eigenvalue weighted by atomic mass is 32.2. The standard InChI is InChI=1S/C17H24OSSi/c1-20(2,3)16-6-4-5-12(11-16)17(18)13-9-14-7-8-15(10-13)19-14/h4-6,11,13-15H,7-10H2,1-3H3. The summed E-state index contributed by atoms with van der Waals surface area (Å²) in [6.07, 6.45) is 4.87. The van der Waals surface area contributed by atoms with E-state index >= 15 is 0 Å². The highest BCUT2D eigenvalue weighted by Gasteiger charge is 2.38. The molecule has 0 radical (unpaired) electrons. The number of carbonyl (C=O) groups is 1. The van der Waals surface area contributed by atoms with E-state index in [1.807, 2.05) is 6.07 Å². The summed E-state index contributed by atoms with van der Waals surface area (Å²) in [6, 6.07) is 8.48. The summed E-state index contributed by atoms with van der Waals surface area (Å²) in [5.41, 5.74) is 0.959. The highest BCUT2D eigenvalue weighted by molar-refractivity contribution is 8.00. The van der Waals surface area contributed by atoms with Gasteiger partial charge >= 0.3 is 0 Å². The van der Waals surface area contributed by atoms with Gasteiger partial charge in [-0.1, -0.05) is 49.1 Å². The van der Waals surface area contributed by atoms with E-state index in [9.17, 15) is 4.79 Å². The van der Waals surface area contributed by atoms with E-state index in [1.54, 1.807) is 0 Å². The van der Waals surface area contributed by atoms with Crippen molar-refractivity contribution in [3.05, 3.63) is 29.8 Å². The molecule has 2 unspecified atom stereocenters. The number of rotatable bonds is 3. The lowest BCUT2D eigenvalue weighted by molar-refractivity contribution is 0.0907. The van der Waals surface area contributed by atoms with Crippen LogP contribution in [-0.2, 0) is 0 Å². The minimum Gasteiger partial charge on any atom is -0.294 e. The van der Waals surface area contributed by atoms with Gasteiger partial charge in [-0.25, -0.2) is 0 Å². The molecule has 20 heavy (non-hydrogen) atoms. The Morgan fingerprint density at radius 2 is 1.80 bits per heavy atom. The molecule has 0 amide bonds. The van der Waals surface area contributed by atoms with E-state index in [0.717, 1.165) is 28.9 Å². The second-order valence-electron chi connectivity index (χ2n) is 7.32. The number of hydrogen-bond donors (Lipinski definition) is 0. The number of fused-ring (bicyclic) bond motifs is 2. The number of ketones is 1. The normalized spacial score (nSPS) is 29.4. The summed E-state index contributed by atoms with van der Waals surface area (Å²) >= 11 is 2.13. The fraction of sp³-hybridized carbons (Fsp3) is 0.588. The molecule has 2 atom stereocenters. The lowest BCUT2D eigenvalue weighted by Gasteiger charge is -2.26. The van der Waals surface area contributed by atoms with Gasteiger partial charge in [0.05, 0.1) is 8.07 Å². The number of Topliss-reactive ketones (excluding diaryl/α,β-unsaturated/α-hetero) is 1. The van der Waals surface area contributed by atoms with Crippen LogP contribution in [0, 0.1) is 5.92 Å². The van der Waals surface area contributed by atoms with Crippen LogP contribution in [0.4, 0.5) is 0 Å². The van der Waals surface area contributed by atoms with Gasteiger partial charge in [0, 0.05) is 22.0 Å². The molecule has 0 spiro atoms. The average molecular weight is 305 g/mol. The Kier molecular flexibility index (Phi) is 3.84. The van der Waals surface area contributed by atoms with Gasteiger partial charge in [-0.3, -0.25) is 4.79 Å². The highest BCUT2D eigenvalue weighted by Crippen LogP contribution is 2.46. The first kappa shape index (κ1) is 14.4. The Balaban J connectivity index is 1.80. The number of hydrogen-bond acceptors (Lipinski definition) is 2. The second kappa shape index (κ2) is 5.34. The number of carbonyl (C=O) groups excluding carboxylic acids is 1. The van der Waals surface area contributed by atoms with E-state index in [2.05, 4.69) is 49.6 Å². The van der Waals surface area contributed by atoms with E-state index < -0.39 is 8.07 Å². The molecule has 0 aliphatic carbocycles. The van der Waals surface area contributed by atoms with Gasteiger partial charge in [0.2, 0.25) is 0 Å². The zero-order valence-electron chi connectivity index (χ0n) is 12.7. The van der Waals surface area contributed by atoms with Crippen LogP contribution in [0.3, 0.4) is 0 Å². The van der Waals surface area contributed by atoms with Crippen molar-refractivity contribution >= 4 is 30.8 Å². The summed E-state index contributed by atoms with van der Waals surface area (Å²) in [7, 11) is -1.33. The fourth-order valence-electron chi connectivity index (χ4n) is 3.45. The first-order chi connectivity index (χ1) is 9.43. The SMILES string of the molecule is C[Si](C)(C)c1cccc(C(=O)C2CC3CCC(C2)S3)c1. The predicted octanol–water partition coefficient (Wildman–Crippen LogP) is 4.09. The lowest BCUT2D eigenvalue weighted by atomic mass is 9.90. The first-order valence-corrected chi connectivity index (χ1v) is 12.2. The zero-order valence-corrected chi connectivity index (χ0v) is 14.5. The maximum absolute atomic E-state index is 12.8. The third-order valence-electron chi connectivity index (χ3n) is 4.67. The molecule has 2 fully saturated rings. The third kappa shape index (κ3) is 2.89. The van der Waals surface area contributed by atoms with Crippen molar-refractivity contribution in [3.8, 4) is 0 Å². The maximum Gasteiger partial charge on any atom is 0.166 e. The molecule has 0 N–H and O–H groups in total. The molecule has 1 aromatic rings. The summed E-state index contributed by atoms with van der Waals surface area (Å²) in [6.45, 7) is 7.02. The fourth-order valence-corrected chi connectivity index (χ4v) is 6.41. The number of thioether (sulfide) groups is 1. The largest absolute Gasteiger partial charge is 0.294 e. The summed E-state index contributed by atoms with van der Waals surface area (Å²) in [4.78, 5) is 12.8. The Hall–Kier alpha value is -0.543. The van der Waals surface area contributed by atoms with E-state index in [1.165, 1.54) is 18.0 Å². The predicted molar refractivity (Wildman–Crippen MR) is 90.9 cm³/mol. The molecule has 108 valence electrons. The van der Waals surface area contributed by atoms with E-state index in [4.69, 9.17) is 0 Å². The van der Waals surface area contributed by atoms with Gasteiger partial charge in [0.25, 0.3) is 0 Å². The minimum absolute atomic E-state index is 0.283. The first-order valence-electron chi connectivity index (χ1n) is 7.74. The monoisotopic (exact) mass is 304 g/mol. The second-order valence-corrected chi connectivity index (χ2v) is 14.0. The van der Waals surface area contributed by atoms with Crippen LogP contribution in [0.5, 0.6) is 0 Å². The average Bonchev–Trinajstić information content (AvgIpc) is 2.76. The Labute approximate surface area is 127 Å². The van der Waals surface area contributed by atoms with Crippen LogP contribution < -0.4 is 5.19 Å².